The van der Waals surface area contributed by atoms with Crippen LogP contribution in [0.4, 0.5) is 0 Å². The van der Waals surface area contributed by atoms with Crippen molar-refractivity contribution in [1.29, 1.82) is 0 Å². The van der Waals surface area contributed by atoms with Crippen molar-refractivity contribution in [2.45, 2.75) is 18.9 Å². The van der Waals surface area contributed by atoms with Crippen molar-refractivity contribution < 1.29 is 13.2 Å². The second-order valence-electron chi connectivity index (χ2n) is 5.80. The van der Waals surface area contributed by atoms with Crippen LogP contribution in [-0.2, 0) is 10.0 Å². The summed E-state index contributed by atoms with van der Waals surface area (Å²) in [6, 6.07) is 17.0. The highest BCUT2D eigenvalue weighted by atomic mass is 32.2. The molecule has 0 N–H and O–H groups in total. The Hall–Kier alpha value is -2.11. The van der Waals surface area contributed by atoms with Crippen molar-refractivity contribution in [2.24, 2.45) is 0 Å². The SMILES string of the molecule is COc1ccc(C2CCCN2S(=O)(=O)/C=C/c2ccccc2)cc1. The Bertz CT molecular complexity index is 798. The van der Waals surface area contributed by atoms with Gasteiger partial charge < -0.3 is 4.74 Å². The van der Waals surface area contributed by atoms with Gasteiger partial charge in [-0.3, -0.25) is 0 Å². The molecule has 1 saturated heterocycles. The zero-order chi connectivity index (χ0) is 17.0. The molecule has 0 amide bonds. The van der Waals surface area contributed by atoms with Gasteiger partial charge in [-0.25, -0.2) is 8.42 Å². The second-order valence-corrected chi connectivity index (χ2v) is 7.57. The van der Waals surface area contributed by atoms with Crippen LogP contribution >= 0.6 is 0 Å². The fraction of sp³-hybridized carbons (Fsp3) is 0.263. The highest BCUT2D eigenvalue weighted by molar-refractivity contribution is 7.92. The lowest BCUT2D eigenvalue weighted by Crippen LogP contribution is -2.28. The maximum absolute atomic E-state index is 12.7. The van der Waals surface area contributed by atoms with Crippen LogP contribution in [-0.4, -0.2) is 26.4 Å². The first kappa shape index (κ1) is 16.7. The average molecular weight is 343 g/mol. The third-order valence-electron chi connectivity index (χ3n) is 4.26. The average Bonchev–Trinajstić information content (AvgIpc) is 3.12. The second kappa shape index (κ2) is 7.20. The molecule has 5 heteroatoms. The third-order valence-corrected chi connectivity index (χ3v) is 5.83. The van der Waals surface area contributed by atoms with Crippen molar-refractivity contribution in [3.05, 3.63) is 71.1 Å². The maximum atomic E-state index is 12.7. The van der Waals surface area contributed by atoms with E-state index in [2.05, 4.69) is 0 Å². The minimum atomic E-state index is -3.45. The van der Waals surface area contributed by atoms with E-state index >= 15 is 0 Å². The number of rotatable bonds is 5. The van der Waals surface area contributed by atoms with E-state index in [1.165, 1.54) is 5.41 Å². The molecule has 0 aromatic heterocycles. The summed E-state index contributed by atoms with van der Waals surface area (Å²) in [7, 11) is -1.83. The molecule has 1 unspecified atom stereocenters. The Morgan fingerprint density at radius 1 is 1.08 bits per heavy atom. The standard InChI is InChI=1S/C19H21NO3S/c1-23-18-11-9-17(10-12-18)19-8-5-14-20(19)24(21,22)15-13-16-6-3-2-4-7-16/h2-4,6-7,9-13,15,19H,5,8,14H2,1H3/b15-13+. The molecule has 0 spiro atoms. The van der Waals surface area contributed by atoms with Crippen molar-refractivity contribution in [2.75, 3.05) is 13.7 Å². The molecular formula is C19H21NO3S. The Morgan fingerprint density at radius 2 is 1.79 bits per heavy atom. The summed E-state index contributed by atoms with van der Waals surface area (Å²) in [5, 5.41) is 1.31. The van der Waals surface area contributed by atoms with E-state index in [9.17, 15) is 8.42 Å². The molecular weight excluding hydrogens is 322 g/mol. The molecule has 0 saturated carbocycles. The minimum absolute atomic E-state index is 0.110. The first-order valence-electron chi connectivity index (χ1n) is 7.99. The number of ether oxygens (including phenoxy) is 1. The lowest BCUT2D eigenvalue weighted by molar-refractivity contribution is 0.399. The smallest absolute Gasteiger partial charge is 0.236 e. The lowest BCUT2D eigenvalue weighted by Gasteiger charge is -2.23. The Balaban J connectivity index is 1.82. The zero-order valence-electron chi connectivity index (χ0n) is 13.6. The summed E-state index contributed by atoms with van der Waals surface area (Å²) in [6.45, 7) is 0.554. The minimum Gasteiger partial charge on any atom is -0.497 e. The first-order chi connectivity index (χ1) is 11.6. The van der Waals surface area contributed by atoms with Crippen molar-refractivity contribution in [1.82, 2.24) is 4.31 Å². The van der Waals surface area contributed by atoms with E-state index in [-0.39, 0.29) is 6.04 Å². The number of benzene rings is 2. The highest BCUT2D eigenvalue weighted by Gasteiger charge is 2.33. The van der Waals surface area contributed by atoms with Crippen LogP contribution in [0.2, 0.25) is 0 Å². The molecule has 0 radical (unpaired) electrons. The van der Waals surface area contributed by atoms with Gasteiger partial charge in [0, 0.05) is 12.0 Å². The molecule has 2 aromatic rings. The van der Waals surface area contributed by atoms with E-state index < -0.39 is 10.0 Å². The maximum Gasteiger partial charge on any atom is 0.236 e. The topological polar surface area (TPSA) is 46.6 Å². The lowest BCUT2D eigenvalue weighted by atomic mass is 10.1. The molecule has 0 bridgehead atoms. The number of hydrogen-bond acceptors (Lipinski definition) is 3. The molecule has 3 rings (SSSR count). The molecule has 126 valence electrons. The number of methoxy groups -OCH3 is 1. The van der Waals surface area contributed by atoms with Crippen molar-refractivity contribution >= 4 is 16.1 Å². The van der Waals surface area contributed by atoms with Crippen LogP contribution in [0, 0.1) is 0 Å². The molecule has 24 heavy (non-hydrogen) atoms. The number of hydrogen-bond donors (Lipinski definition) is 0. The first-order valence-corrected chi connectivity index (χ1v) is 9.49. The summed E-state index contributed by atoms with van der Waals surface area (Å²) >= 11 is 0. The van der Waals surface area contributed by atoms with Gasteiger partial charge in [-0.05, 0) is 42.2 Å². The largest absolute Gasteiger partial charge is 0.497 e. The summed E-state index contributed by atoms with van der Waals surface area (Å²) in [5.41, 5.74) is 1.88. The molecule has 0 aliphatic carbocycles. The molecule has 4 nitrogen and oxygen atoms in total. The van der Waals surface area contributed by atoms with Gasteiger partial charge in [0.15, 0.2) is 0 Å². The van der Waals surface area contributed by atoms with Gasteiger partial charge in [0.05, 0.1) is 13.2 Å². The number of nitrogens with zero attached hydrogens (tertiary/aromatic N) is 1. The predicted molar refractivity (Wildman–Crippen MR) is 96.1 cm³/mol. The van der Waals surface area contributed by atoms with Crippen LogP contribution in [0.15, 0.2) is 60.0 Å². The van der Waals surface area contributed by atoms with Gasteiger partial charge in [-0.1, -0.05) is 42.5 Å². The van der Waals surface area contributed by atoms with Crippen LogP contribution < -0.4 is 4.74 Å². The molecule has 2 aromatic carbocycles. The van der Waals surface area contributed by atoms with Crippen molar-refractivity contribution in [3.63, 3.8) is 0 Å². The van der Waals surface area contributed by atoms with E-state index in [1.807, 2.05) is 54.6 Å². The predicted octanol–water partition coefficient (Wildman–Crippen LogP) is 3.83. The summed E-state index contributed by atoms with van der Waals surface area (Å²) in [4.78, 5) is 0. The molecule has 1 aliphatic rings. The van der Waals surface area contributed by atoms with Gasteiger partial charge >= 0.3 is 0 Å². The number of sulfonamides is 1. The molecule has 1 heterocycles. The molecule has 1 fully saturated rings. The van der Waals surface area contributed by atoms with Crippen LogP contribution in [0.5, 0.6) is 5.75 Å². The quantitative estimate of drug-likeness (QED) is 0.829. The molecule has 1 aliphatic heterocycles. The van der Waals surface area contributed by atoms with E-state index in [0.717, 1.165) is 29.7 Å². The van der Waals surface area contributed by atoms with Crippen molar-refractivity contribution in [3.8, 4) is 5.75 Å². The summed E-state index contributed by atoms with van der Waals surface area (Å²) in [5.74, 6) is 0.773. The van der Waals surface area contributed by atoms with E-state index in [4.69, 9.17) is 4.74 Å². The summed E-state index contributed by atoms with van der Waals surface area (Å²) in [6.07, 6.45) is 3.36. The van der Waals surface area contributed by atoms with Crippen LogP contribution in [0.25, 0.3) is 6.08 Å². The van der Waals surface area contributed by atoms with Gasteiger partial charge in [-0.2, -0.15) is 4.31 Å². The Labute approximate surface area is 143 Å². The summed E-state index contributed by atoms with van der Waals surface area (Å²) < 4.78 is 32.2. The van der Waals surface area contributed by atoms with Gasteiger partial charge in [-0.15, -0.1) is 0 Å². The normalized spacial score (nSPS) is 19.0. The Kier molecular flexibility index (Phi) is 5.02. The zero-order valence-corrected chi connectivity index (χ0v) is 14.4. The van der Waals surface area contributed by atoms with Gasteiger partial charge in [0.25, 0.3) is 0 Å². The Morgan fingerprint density at radius 3 is 2.46 bits per heavy atom. The monoisotopic (exact) mass is 343 g/mol. The van der Waals surface area contributed by atoms with Crippen LogP contribution in [0.1, 0.15) is 30.0 Å². The van der Waals surface area contributed by atoms with Gasteiger partial charge in [0.2, 0.25) is 10.0 Å². The third kappa shape index (κ3) is 3.68. The van der Waals surface area contributed by atoms with E-state index in [0.29, 0.717) is 6.54 Å². The fourth-order valence-corrected chi connectivity index (χ4v) is 4.46. The van der Waals surface area contributed by atoms with E-state index in [1.54, 1.807) is 17.5 Å². The highest BCUT2D eigenvalue weighted by Crippen LogP contribution is 2.35. The van der Waals surface area contributed by atoms with Crippen LogP contribution in [0.3, 0.4) is 0 Å². The fourth-order valence-electron chi connectivity index (χ4n) is 3.01. The van der Waals surface area contributed by atoms with Gasteiger partial charge in [0.1, 0.15) is 5.75 Å². The molecule has 1 atom stereocenters.